The van der Waals surface area contributed by atoms with E-state index in [-0.39, 0.29) is 19.0 Å². The van der Waals surface area contributed by atoms with Crippen molar-refractivity contribution >= 4 is 23.3 Å². The fourth-order valence-corrected chi connectivity index (χ4v) is 3.11. The van der Waals surface area contributed by atoms with Crippen LogP contribution in [0.25, 0.3) is 5.57 Å². The molecule has 0 aliphatic carbocycles. The van der Waals surface area contributed by atoms with Crippen molar-refractivity contribution in [3.63, 3.8) is 0 Å². The van der Waals surface area contributed by atoms with Gasteiger partial charge < -0.3 is 10.1 Å². The zero-order valence-electron chi connectivity index (χ0n) is 16.0. The van der Waals surface area contributed by atoms with Crippen molar-refractivity contribution in [1.82, 2.24) is 10.3 Å². The molecule has 1 N–H and O–H groups in total. The van der Waals surface area contributed by atoms with Gasteiger partial charge in [0.1, 0.15) is 18.0 Å². The molecule has 7 nitrogen and oxygen atoms in total. The Morgan fingerprint density at radius 2 is 2.24 bits per heavy atom. The van der Waals surface area contributed by atoms with Gasteiger partial charge in [-0.05, 0) is 36.8 Å². The van der Waals surface area contributed by atoms with Gasteiger partial charge in [0, 0.05) is 30.4 Å². The Bertz CT molecular complexity index is 1030. The normalized spacial score (nSPS) is 16.3. The number of rotatable bonds is 5. The molecular weight excluding hydrogens is 375 g/mol. The number of carbonyl (C=O) groups is 2. The smallest absolute Gasteiger partial charge is 0.414 e. The molecule has 8 heteroatoms. The van der Waals surface area contributed by atoms with E-state index in [1.54, 1.807) is 37.4 Å². The van der Waals surface area contributed by atoms with Gasteiger partial charge in [0.05, 0.1) is 24.3 Å². The number of hydrogen-bond donors (Lipinski definition) is 1. The molecule has 1 fully saturated rings. The zero-order chi connectivity index (χ0) is 21.0. The van der Waals surface area contributed by atoms with Crippen LogP contribution in [0.15, 0.2) is 42.7 Å². The van der Waals surface area contributed by atoms with Crippen LogP contribution in [0.3, 0.4) is 0 Å². The lowest BCUT2D eigenvalue weighted by molar-refractivity contribution is -0.119. The van der Waals surface area contributed by atoms with E-state index in [9.17, 15) is 14.0 Å². The predicted octanol–water partition coefficient (Wildman–Crippen LogP) is 3.01. The van der Waals surface area contributed by atoms with Crippen LogP contribution >= 0.6 is 0 Å². The summed E-state index contributed by atoms with van der Waals surface area (Å²) in [6.07, 6.45) is 3.65. The highest BCUT2D eigenvalue weighted by Crippen LogP contribution is 2.30. The van der Waals surface area contributed by atoms with Crippen molar-refractivity contribution in [2.75, 3.05) is 18.0 Å². The second-order valence-corrected chi connectivity index (χ2v) is 6.49. The number of aromatic nitrogens is 1. The molecule has 0 saturated carbocycles. The number of nitrogens with zero attached hydrogens (tertiary/aromatic N) is 3. The van der Waals surface area contributed by atoms with Crippen molar-refractivity contribution < 1.29 is 18.7 Å². The van der Waals surface area contributed by atoms with Crippen molar-refractivity contribution in [3.8, 4) is 6.07 Å². The zero-order valence-corrected chi connectivity index (χ0v) is 16.0. The van der Waals surface area contributed by atoms with Crippen molar-refractivity contribution in [3.05, 3.63) is 65.2 Å². The van der Waals surface area contributed by atoms with Crippen molar-refractivity contribution in [1.29, 1.82) is 5.26 Å². The SMILES string of the molecule is C/C=C(/c1cncc(C#N)c1)c1ccc(N2C[C@H](CNC(C)=O)OC2=O)cc1F. The van der Waals surface area contributed by atoms with Gasteiger partial charge in [-0.25, -0.2) is 9.18 Å². The lowest BCUT2D eigenvalue weighted by atomic mass is 9.97. The molecule has 3 rings (SSSR count). The first-order valence-corrected chi connectivity index (χ1v) is 8.97. The molecule has 0 radical (unpaired) electrons. The summed E-state index contributed by atoms with van der Waals surface area (Å²) in [6.45, 7) is 3.56. The fraction of sp³-hybridized carbons (Fsp3) is 0.238. The standard InChI is InChI=1S/C21H19FN4O3/c1-3-18(15-6-14(8-23)9-24-10-15)19-5-4-16(7-20(19)22)26-12-17(29-21(26)28)11-25-13(2)27/h3-7,9-10,17H,11-12H2,1-2H3,(H,25,27)/b18-3-/t17-/m0/s1. The van der Waals surface area contributed by atoms with Gasteiger partial charge in [-0.1, -0.05) is 6.08 Å². The van der Waals surface area contributed by atoms with Crippen molar-refractivity contribution in [2.45, 2.75) is 20.0 Å². The number of amides is 2. The molecule has 0 unspecified atom stereocenters. The molecule has 1 aliphatic rings. The van der Waals surface area contributed by atoms with Crippen LogP contribution in [0.2, 0.25) is 0 Å². The van der Waals surface area contributed by atoms with Gasteiger partial charge in [-0.2, -0.15) is 5.26 Å². The molecule has 0 spiro atoms. The lowest BCUT2D eigenvalue weighted by Crippen LogP contribution is -2.33. The van der Waals surface area contributed by atoms with E-state index < -0.39 is 18.0 Å². The Morgan fingerprint density at radius 1 is 1.45 bits per heavy atom. The number of ether oxygens (including phenoxy) is 1. The van der Waals surface area contributed by atoms with E-state index in [1.807, 2.05) is 6.07 Å². The van der Waals surface area contributed by atoms with Gasteiger partial charge in [0.2, 0.25) is 5.91 Å². The van der Waals surface area contributed by atoms with E-state index in [2.05, 4.69) is 10.3 Å². The third-order valence-electron chi connectivity index (χ3n) is 4.47. The van der Waals surface area contributed by atoms with Crippen LogP contribution in [-0.2, 0) is 9.53 Å². The quantitative estimate of drug-likeness (QED) is 0.841. The third-order valence-corrected chi connectivity index (χ3v) is 4.47. The number of benzene rings is 1. The summed E-state index contributed by atoms with van der Waals surface area (Å²) in [5.74, 6) is -0.736. The first-order valence-electron chi connectivity index (χ1n) is 8.97. The first kappa shape index (κ1) is 20.0. The Morgan fingerprint density at radius 3 is 2.90 bits per heavy atom. The minimum atomic E-state index is -0.593. The number of cyclic esters (lactones) is 1. The van der Waals surface area contributed by atoms with Crippen LogP contribution in [0, 0.1) is 17.1 Å². The Balaban J connectivity index is 1.84. The number of nitrogens with one attached hydrogen (secondary N) is 1. The van der Waals surface area contributed by atoms with E-state index in [0.717, 1.165) is 0 Å². The molecule has 29 heavy (non-hydrogen) atoms. The van der Waals surface area contributed by atoms with Crippen LogP contribution in [0.1, 0.15) is 30.5 Å². The maximum atomic E-state index is 14.9. The largest absolute Gasteiger partial charge is 0.442 e. The number of halogens is 1. The summed E-state index contributed by atoms with van der Waals surface area (Å²) < 4.78 is 20.1. The second kappa shape index (κ2) is 8.52. The average molecular weight is 394 g/mol. The van der Waals surface area contributed by atoms with Crippen LogP contribution in [-0.4, -0.2) is 36.2 Å². The molecule has 148 valence electrons. The number of nitriles is 1. The summed E-state index contributed by atoms with van der Waals surface area (Å²) in [5, 5.41) is 11.7. The average Bonchev–Trinajstić information content (AvgIpc) is 3.09. The molecule has 1 aromatic heterocycles. The maximum absolute atomic E-state index is 14.9. The number of allylic oxidation sites excluding steroid dienone is 1. The summed E-state index contributed by atoms with van der Waals surface area (Å²) in [7, 11) is 0. The molecule has 2 aromatic rings. The molecule has 0 bridgehead atoms. The van der Waals surface area contributed by atoms with Crippen molar-refractivity contribution in [2.24, 2.45) is 0 Å². The van der Waals surface area contributed by atoms with Gasteiger partial charge in [-0.3, -0.25) is 14.7 Å². The summed E-state index contributed by atoms with van der Waals surface area (Å²) >= 11 is 0. The highest BCUT2D eigenvalue weighted by molar-refractivity contribution is 5.90. The first-order chi connectivity index (χ1) is 13.9. The minimum absolute atomic E-state index is 0.198. The number of hydrogen-bond acceptors (Lipinski definition) is 5. The van der Waals surface area contributed by atoms with Crippen LogP contribution in [0.5, 0.6) is 0 Å². The summed E-state index contributed by atoms with van der Waals surface area (Å²) in [6, 6.07) is 8.13. The van der Waals surface area contributed by atoms with E-state index in [1.165, 1.54) is 24.1 Å². The summed E-state index contributed by atoms with van der Waals surface area (Å²) in [5.41, 5.74) is 2.28. The highest BCUT2D eigenvalue weighted by atomic mass is 19.1. The molecule has 1 atom stereocenters. The van der Waals surface area contributed by atoms with Crippen LogP contribution < -0.4 is 10.2 Å². The molecule has 2 heterocycles. The molecule has 1 saturated heterocycles. The third kappa shape index (κ3) is 4.41. The van der Waals surface area contributed by atoms with Crippen LogP contribution in [0.4, 0.5) is 14.9 Å². The van der Waals surface area contributed by atoms with E-state index in [0.29, 0.717) is 28.0 Å². The fourth-order valence-electron chi connectivity index (χ4n) is 3.11. The monoisotopic (exact) mass is 394 g/mol. The Kier molecular flexibility index (Phi) is 5.88. The number of anilines is 1. The highest BCUT2D eigenvalue weighted by Gasteiger charge is 2.32. The van der Waals surface area contributed by atoms with Gasteiger partial charge >= 0.3 is 6.09 Å². The Hall–Kier alpha value is -3.73. The topological polar surface area (TPSA) is 95.3 Å². The maximum Gasteiger partial charge on any atom is 0.414 e. The summed E-state index contributed by atoms with van der Waals surface area (Å²) in [4.78, 5) is 28.5. The molecular formula is C21H19FN4O3. The minimum Gasteiger partial charge on any atom is -0.442 e. The second-order valence-electron chi connectivity index (χ2n) is 6.49. The van der Waals surface area contributed by atoms with E-state index >= 15 is 0 Å². The van der Waals surface area contributed by atoms with Gasteiger partial charge in [-0.15, -0.1) is 0 Å². The molecule has 2 amide bonds. The molecule has 1 aromatic carbocycles. The molecule has 1 aliphatic heterocycles. The Labute approximate surface area is 167 Å². The van der Waals surface area contributed by atoms with E-state index in [4.69, 9.17) is 10.00 Å². The van der Waals surface area contributed by atoms with Gasteiger partial charge in [0.25, 0.3) is 0 Å². The predicted molar refractivity (Wildman–Crippen MR) is 104 cm³/mol. The number of carbonyl (C=O) groups excluding carboxylic acids is 2. The lowest BCUT2D eigenvalue weighted by Gasteiger charge is -2.15. The number of pyridine rings is 1. The van der Waals surface area contributed by atoms with Gasteiger partial charge in [0.15, 0.2) is 0 Å².